The van der Waals surface area contributed by atoms with E-state index in [9.17, 15) is 4.79 Å². The third-order valence-electron chi connectivity index (χ3n) is 1.68. The predicted octanol–water partition coefficient (Wildman–Crippen LogP) is 0.854. The first kappa shape index (κ1) is 11.4. The van der Waals surface area contributed by atoms with Crippen molar-refractivity contribution >= 4 is 5.91 Å². The maximum atomic E-state index is 10.8. The number of unbranched alkanes of at least 4 members (excludes halogenated alkanes) is 1. The molecule has 0 aromatic carbocycles. The Morgan fingerprint density at radius 1 is 1.33 bits per heavy atom. The van der Waals surface area contributed by atoms with Crippen molar-refractivity contribution in [3.8, 4) is 0 Å². The molecule has 12 heavy (non-hydrogen) atoms. The number of nitrogens with zero attached hydrogens (tertiary/aromatic N) is 1. The van der Waals surface area contributed by atoms with Crippen LogP contribution in [0.1, 0.15) is 26.2 Å². The van der Waals surface area contributed by atoms with Gasteiger partial charge < -0.3 is 10.2 Å². The van der Waals surface area contributed by atoms with Gasteiger partial charge in [-0.2, -0.15) is 0 Å². The summed E-state index contributed by atoms with van der Waals surface area (Å²) in [4.78, 5) is 12.9. The van der Waals surface area contributed by atoms with Crippen molar-refractivity contribution in [1.82, 2.24) is 10.2 Å². The van der Waals surface area contributed by atoms with Crippen molar-refractivity contribution in [2.24, 2.45) is 0 Å². The molecule has 0 aromatic heterocycles. The van der Waals surface area contributed by atoms with Crippen LogP contribution in [0.15, 0.2) is 0 Å². The fraction of sp³-hybridized carbons (Fsp3) is 0.889. The predicted molar refractivity (Wildman–Crippen MR) is 51.1 cm³/mol. The second-order valence-electron chi connectivity index (χ2n) is 3.21. The van der Waals surface area contributed by atoms with E-state index in [4.69, 9.17) is 0 Å². The maximum absolute atomic E-state index is 10.8. The summed E-state index contributed by atoms with van der Waals surface area (Å²) in [5, 5.41) is 2.85. The number of carbonyl (C=O) groups is 1. The summed E-state index contributed by atoms with van der Waals surface area (Å²) in [5.41, 5.74) is 0. The van der Waals surface area contributed by atoms with Crippen LogP contribution in [0.3, 0.4) is 0 Å². The summed E-state index contributed by atoms with van der Waals surface area (Å²) in [6.07, 6.45) is 2.81. The highest BCUT2D eigenvalue weighted by molar-refractivity contribution is 5.75. The summed E-state index contributed by atoms with van der Waals surface area (Å²) in [5.74, 6) is 0.153. The summed E-state index contributed by atoms with van der Waals surface area (Å²) < 4.78 is 0. The summed E-state index contributed by atoms with van der Waals surface area (Å²) >= 11 is 0. The highest BCUT2D eigenvalue weighted by Gasteiger charge is 1.95. The smallest absolute Gasteiger partial charge is 0.219 e. The molecule has 72 valence electrons. The number of carbonyl (C=O) groups excluding carboxylic acids is 1. The van der Waals surface area contributed by atoms with Crippen LogP contribution in [0.2, 0.25) is 0 Å². The molecule has 1 N–H and O–H groups in total. The molecule has 0 saturated heterocycles. The SMILES string of the molecule is CCC(=O)NCCCCN(C)C. The lowest BCUT2D eigenvalue weighted by atomic mass is 10.3. The zero-order valence-electron chi connectivity index (χ0n) is 8.39. The molecule has 1 amide bonds. The van der Waals surface area contributed by atoms with E-state index in [0.29, 0.717) is 6.42 Å². The highest BCUT2D eigenvalue weighted by atomic mass is 16.1. The van der Waals surface area contributed by atoms with Gasteiger partial charge in [0.25, 0.3) is 0 Å². The molecule has 0 saturated carbocycles. The van der Waals surface area contributed by atoms with Crippen LogP contribution >= 0.6 is 0 Å². The lowest BCUT2D eigenvalue weighted by Gasteiger charge is -2.08. The number of amides is 1. The lowest BCUT2D eigenvalue weighted by Crippen LogP contribution is -2.24. The Hall–Kier alpha value is -0.570. The summed E-state index contributed by atoms with van der Waals surface area (Å²) in [6.45, 7) is 3.79. The van der Waals surface area contributed by atoms with Crippen molar-refractivity contribution in [3.63, 3.8) is 0 Å². The molecule has 0 rings (SSSR count). The topological polar surface area (TPSA) is 32.3 Å². The zero-order valence-corrected chi connectivity index (χ0v) is 8.39. The largest absolute Gasteiger partial charge is 0.356 e. The minimum Gasteiger partial charge on any atom is -0.356 e. The highest BCUT2D eigenvalue weighted by Crippen LogP contribution is 1.88. The van der Waals surface area contributed by atoms with Gasteiger partial charge in [0.1, 0.15) is 0 Å². The van der Waals surface area contributed by atoms with Gasteiger partial charge in [0, 0.05) is 13.0 Å². The van der Waals surface area contributed by atoms with E-state index in [1.165, 1.54) is 0 Å². The molecular weight excluding hydrogens is 152 g/mol. The van der Waals surface area contributed by atoms with Crippen molar-refractivity contribution < 1.29 is 4.79 Å². The average Bonchev–Trinajstić information content (AvgIpc) is 2.03. The number of hydrogen-bond acceptors (Lipinski definition) is 2. The molecule has 0 radical (unpaired) electrons. The van der Waals surface area contributed by atoms with Gasteiger partial charge in [-0.05, 0) is 33.5 Å². The molecule has 0 aliphatic heterocycles. The van der Waals surface area contributed by atoms with Crippen molar-refractivity contribution in [3.05, 3.63) is 0 Å². The first-order valence-electron chi connectivity index (χ1n) is 4.58. The molecule has 0 fully saturated rings. The second-order valence-corrected chi connectivity index (χ2v) is 3.21. The van der Waals surface area contributed by atoms with Gasteiger partial charge in [-0.3, -0.25) is 4.79 Å². The third kappa shape index (κ3) is 7.54. The van der Waals surface area contributed by atoms with Crippen LogP contribution in [0.25, 0.3) is 0 Å². The normalized spacial score (nSPS) is 10.3. The van der Waals surface area contributed by atoms with Gasteiger partial charge in [-0.15, -0.1) is 0 Å². The number of hydrogen-bond donors (Lipinski definition) is 1. The van der Waals surface area contributed by atoms with Crippen molar-refractivity contribution in [2.45, 2.75) is 26.2 Å². The van der Waals surface area contributed by atoms with E-state index in [2.05, 4.69) is 24.3 Å². The zero-order chi connectivity index (χ0) is 9.40. The quantitative estimate of drug-likeness (QED) is 0.603. The van der Waals surface area contributed by atoms with E-state index in [1.807, 2.05) is 6.92 Å². The van der Waals surface area contributed by atoms with E-state index < -0.39 is 0 Å². The van der Waals surface area contributed by atoms with Gasteiger partial charge in [-0.1, -0.05) is 6.92 Å². The molecule has 0 bridgehead atoms. The molecule has 0 aliphatic carbocycles. The number of nitrogens with one attached hydrogen (secondary N) is 1. The molecule has 0 heterocycles. The summed E-state index contributed by atoms with van der Waals surface area (Å²) in [7, 11) is 4.12. The Morgan fingerprint density at radius 3 is 2.50 bits per heavy atom. The van der Waals surface area contributed by atoms with E-state index in [0.717, 1.165) is 25.9 Å². The van der Waals surface area contributed by atoms with Crippen LogP contribution in [0.4, 0.5) is 0 Å². The van der Waals surface area contributed by atoms with Gasteiger partial charge >= 0.3 is 0 Å². The van der Waals surface area contributed by atoms with Gasteiger partial charge in [0.05, 0.1) is 0 Å². The van der Waals surface area contributed by atoms with Crippen LogP contribution in [-0.2, 0) is 4.79 Å². The molecule has 3 heteroatoms. The molecule has 0 aromatic rings. The van der Waals surface area contributed by atoms with Crippen LogP contribution in [0.5, 0.6) is 0 Å². The molecule has 0 atom stereocenters. The second kappa shape index (κ2) is 7.10. The van der Waals surface area contributed by atoms with Gasteiger partial charge in [-0.25, -0.2) is 0 Å². The monoisotopic (exact) mass is 172 g/mol. The Bertz CT molecular complexity index is 124. The first-order chi connectivity index (χ1) is 5.66. The van der Waals surface area contributed by atoms with Crippen molar-refractivity contribution in [2.75, 3.05) is 27.2 Å². The first-order valence-corrected chi connectivity index (χ1v) is 4.58. The van der Waals surface area contributed by atoms with Gasteiger partial charge in [0.2, 0.25) is 5.91 Å². The molecule has 3 nitrogen and oxygen atoms in total. The summed E-state index contributed by atoms with van der Waals surface area (Å²) in [6, 6.07) is 0. The molecular formula is C9H20N2O. The Labute approximate surface area is 75.1 Å². The Morgan fingerprint density at radius 2 is 2.00 bits per heavy atom. The van der Waals surface area contributed by atoms with E-state index in [-0.39, 0.29) is 5.91 Å². The minimum atomic E-state index is 0.153. The fourth-order valence-corrected chi connectivity index (χ4v) is 0.906. The Balaban J connectivity index is 3.05. The average molecular weight is 172 g/mol. The molecule has 0 aliphatic rings. The van der Waals surface area contributed by atoms with E-state index in [1.54, 1.807) is 0 Å². The third-order valence-corrected chi connectivity index (χ3v) is 1.68. The minimum absolute atomic E-state index is 0.153. The molecule has 0 unspecified atom stereocenters. The number of rotatable bonds is 6. The maximum Gasteiger partial charge on any atom is 0.219 e. The van der Waals surface area contributed by atoms with Crippen LogP contribution in [-0.4, -0.2) is 38.0 Å². The molecule has 0 spiro atoms. The fourth-order valence-electron chi connectivity index (χ4n) is 0.906. The Kier molecular flexibility index (Phi) is 6.76. The lowest BCUT2D eigenvalue weighted by molar-refractivity contribution is -0.120. The standard InChI is InChI=1S/C9H20N2O/c1-4-9(12)10-7-5-6-8-11(2)3/h4-8H2,1-3H3,(H,10,12). The van der Waals surface area contributed by atoms with Crippen LogP contribution < -0.4 is 5.32 Å². The van der Waals surface area contributed by atoms with E-state index >= 15 is 0 Å². The van der Waals surface area contributed by atoms with Crippen molar-refractivity contribution in [1.29, 1.82) is 0 Å². The van der Waals surface area contributed by atoms with Crippen LogP contribution in [0, 0.1) is 0 Å². The van der Waals surface area contributed by atoms with Gasteiger partial charge in [0.15, 0.2) is 0 Å².